The van der Waals surface area contributed by atoms with Gasteiger partial charge in [-0.15, -0.1) is 0 Å². The molecular weight excluding hydrogens is 198 g/mol. The van der Waals surface area contributed by atoms with Crippen LogP contribution >= 0.6 is 0 Å². The molecule has 14 heavy (non-hydrogen) atoms. The molecule has 0 bridgehead atoms. The molecule has 0 spiro atoms. The maximum Gasteiger partial charge on any atom is 0.173 e. The molecular formula is C10H19NO2S. The summed E-state index contributed by atoms with van der Waals surface area (Å²) in [6, 6.07) is 0.408. The molecule has 0 saturated heterocycles. The van der Waals surface area contributed by atoms with Crippen LogP contribution in [-0.4, -0.2) is 26.3 Å². The summed E-state index contributed by atoms with van der Waals surface area (Å²) < 4.78 is 22.3. The lowest BCUT2D eigenvalue weighted by Gasteiger charge is -2.23. The Bertz CT molecular complexity index is 306. The lowest BCUT2D eigenvalue weighted by molar-refractivity contribution is 0.375. The fourth-order valence-electron chi connectivity index (χ4n) is 1.74. The number of sulfone groups is 1. The number of hydrogen-bond donors (Lipinski definition) is 1. The monoisotopic (exact) mass is 217 g/mol. The summed E-state index contributed by atoms with van der Waals surface area (Å²) in [6.45, 7) is 6.41. The minimum absolute atomic E-state index is 0.00681. The van der Waals surface area contributed by atoms with Gasteiger partial charge in [-0.2, -0.15) is 0 Å². The summed E-state index contributed by atoms with van der Waals surface area (Å²) in [5.74, 6) is 0.757. The van der Waals surface area contributed by atoms with Crippen molar-refractivity contribution in [3.05, 3.63) is 11.5 Å². The zero-order valence-electron chi connectivity index (χ0n) is 9.03. The Balaban J connectivity index is 2.51. The first kappa shape index (κ1) is 11.7. The molecule has 0 amide bonds. The minimum Gasteiger partial charge on any atom is -0.306 e. The fourth-order valence-corrected chi connectivity index (χ4v) is 2.98. The lowest BCUT2D eigenvalue weighted by atomic mass is 10.0. The van der Waals surface area contributed by atoms with Crippen molar-refractivity contribution in [3.8, 4) is 0 Å². The van der Waals surface area contributed by atoms with Gasteiger partial charge in [-0.25, -0.2) is 8.42 Å². The second-order valence-corrected chi connectivity index (χ2v) is 6.12. The van der Waals surface area contributed by atoms with Crippen molar-refractivity contribution in [2.24, 2.45) is 5.92 Å². The van der Waals surface area contributed by atoms with Crippen LogP contribution in [0.15, 0.2) is 11.5 Å². The van der Waals surface area contributed by atoms with E-state index in [9.17, 15) is 8.42 Å². The van der Waals surface area contributed by atoms with Crippen LogP contribution in [0.5, 0.6) is 0 Å². The Morgan fingerprint density at radius 3 is 2.50 bits per heavy atom. The van der Waals surface area contributed by atoms with Crippen molar-refractivity contribution in [2.45, 2.75) is 39.3 Å². The smallest absolute Gasteiger partial charge is 0.173 e. The summed E-state index contributed by atoms with van der Waals surface area (Å²) >= 11 is 0. The van der Waals surface area contributed by atoms with Crippen molar-refractivity contribution < 1.29 is 8.42 Å². The Morgan fingerprint density at radius 2 is 2.14 bits per heavy atom. The zero-order valence-corrected chi connectivity index (χ0v) is 9.84. The largest absolute Gasteiger partial charge is 0.306 e. The van der Waals surface area contributed by atoms with E-state index in [0.717, 1.165) is 6.42 Å². The van der Waals surface area contributed by atoms with E-state index in [0.29, 0.717) is 12.0 Å². The molecule has 1 N–H and O–H groups in total. The summed E-state index contributed by atoms with van der Waals surface area (Å²) in [6.07, 6.45) is 2.78. The molecule has 0 aliphatic carbocycles. The van der Waals surface area contributed by atoms with Crippen LogP contribution in [-0.2, 0) is 9.84 Å². The molecule has 4 heteroatoms. The molecule has 1 aliphatic heterocycles. The summed E-state index contributed by atoms with van der Waals surface area (Å²) in [5.41, 5.74) is 0. The Morgan fingerprint density at radius 1 is 1.50 bits per heavy atom. The van der Waals surface area contributed by atoms with Crippen LogP contribution in [0, 0.1) is 5.92 Å². The average Bonchev–Trinajstić information content (AvgIpc) is 2.41. The van der Waals surface area contributed by atoms with E-state index in [2.05, 4.69) is 26.1 Å². The van der Waals surface area contributed by atoms with Gasteiger partial charge < -0.3 is 5.32 Å². The second kappa shape index (κ2) is 4.45. The van der Waals surface area contributed by atoms with Crippen LogP contribution in [0.3, 0.4) is 0 Å². The Hall–Kier alpha value is -0.350. The fraction of sp³-hybridized carbons (Fsp3) is 0.800. The third-order valence-corrected chi connectivity index (χ3v) is 4.00. The third kappa shape index (κ3) is 3.10. The molecule has 1 aliphatic rings. The molecule has 0 saturated carbocycles. The first-order chi connectivity index (χ1) is 6.44. The SMILES string of the molecule is CCC(NC1C=CS(=O)(=O)C1)C(C)C. The molecule has 1 rings (SSSR count). The van der Waals surface area contributed by atoms with Gasteiger partial charge in [-0.05, 0) is 12.3 Å². The molecule has 0 aromatic rings. The topological polar surface area (TPSA) is 46.2 Å². The van der Waals surface area contributed by atoms with Crippen molar-refractivity contribution in [1.29, 1.82) is 0 Å². The van der Waals surface area contributed by atoms with Crippen LogP contribution in [0.1, 0.15) is 27.2 Å². The Labute approximate surface area is 86.5 Å². The van der Waals surface area contributed by atoms with Crippen LogP contribution in [0.2, 0.25) is 0 Å². The molecule has 82 valence electrons. The first-order valence-corrected chi connectivity index (χ1v) is 6.83. The molecule has 0 radical (unpaired) electrons. The molecule has 1 heterocycles. The first-order valence-electron chi connectivity index (χ1n) is 5.11. The number of rotatable bonds is 4. The van der Waals surface area contributed by atoms with Gasteiger partial charge in [0.2, 0.25) is 0 Å². The van der Waals surface area contributed by atoms with E-state index in [1.807, 2.05) is 0 Å². The molecule has 2 unspecified atom stereocenters. The summed E-state index contributed by atoms with van der Waals surface area (Å²) in [7, 11) is -2.92. The van der Waals surface area contributed by atoms with E-state index >= 15 is 0 Å². The Kier molecular flexibility index (Phi) is 3.72. The quantitative estimate of drug-likeness (QED) is 0.772. The molecule has 0 aromatic heterocycles. The van der Waals surface area contributed by atoms with Gasteiger partial charge >= 0.3 is 0 Å². The zero-order chi connectivity index (χ0) is 10.8. The van der Waals surface area contributed by atoms with Crippen LogP contribution in [0.25, 0.3) is 0 Å². The van der Waals surface area contributed by atoms with E-state index < -0.39 is 9.84 Å². The van der Waals surface area contributed by atoms with Gasteiger partial charge in [0.05, 0.1) is 5.75 Å². The molecule has 3 nitrogen and oxygen atoms in total. The highest BCUT2D eigenvalue weighted by atomic mass is 32.2. The molecule has 0 fully saturated rings. The number of hydrogen-bond acceptors (Lipinski definition) is 3. The van der Waals surface area contributed by atoms with Gasteiger partial charge in [0.1, 0.15) is 0 Å². The van der Waals surface area contributed by atoms with E-state index in [1.54, 1.807) is 6.08 Å². The van der Waals surface area contributed by atoms with E-state index in [-0.39, 0.29) is 11.8 Å². The van der Waals surface area contributed by atoms with Gasteiger partial charge in [-0.3, -0.25) is 0 Å². The van der Waals surface area contributed by atoms with Crippen LogP contribution in [0.4, 0.5) is 0 Å². The highest BCUT2D eigenvalue weighted by molar-refractivity contribution is 7.94. The van der Waals surface area contributed by atoms with Crippen molar-refractivity contribution in [2.75, 3.05) is 5.75 Å². The number of nitrogens with one attached hydrogen (secondary N) is 1. The summed E-state index contributed by atoms with van der Waals surface area (Å²) in [4.78, 5) is 0. The minimum atomic E-state index is -2.92. The maximum absolute atomic E-state index is 11.2. The van der Waals surface area contributed by atoms with E-state index in [4.69, 9.17) is 0 Å². The molecule has 2 atom stereocenters. The standard InChI is InChI=1S/C10H19NO2S/c1-4-10(8(2)3)11-9-5-6-14(12,13)7-9/h5-6,8-11H,4,7H2,1-3H3. The van der Waals surface area contributed by atoms with Crippen molar-refractivity contribution >= 4 is 9.84 Å². The highest BCUT2D eigenvalue weighted by Gasteiger charge is 2.24. The second-order valence-electron chi connectivity index (χ2n) is 4.19. The summed E-state index contributed by atoms with van der Waals surface area (Å²) in [5, 5.41) is 4.67. The van der Waals surface area contributed by atoms with Gasteiger partial charge in [0, 0.05) is 17.5 Å². The predicted octanol–water partition coefficient (Wildman–Crippen LogP) is 1.32. The predicted molar refractivity (Wildman–Crippen MR) is 58.8 cm³/mol. The van der Waals surface area contributed by atoms with Crippen molar-refractivity contribution in [1.82, 2.24) is 5.32 Å². The van der Waals surface area contributed by atoms with Gasteiger partial charge in [0.25, 0.3) is 0 Å². The van der Waals surface area contributed by atoms with E-state index in [1.165, 1.54) is 5.41 Å². The van der Waals surface area contributed by atoms with Gasteiger partial charge in [-0.1, -0.05) is 26.8 Å². The third-order valence-electron chi connectivity index (χ3n) is 2.60. The average molecular weight is 217 g/mol. The lowest BCUT2D eigenvalue weighted by Crippen LogP contribution is -2.41. The molecule has 0 aromatic carbocycles. The van der Waals surface area contributed by atoms with Crippen molar-refractivity contribution in [3.63, 3.8) is 0 Å². The normalized spacial score (nSPS) is 27.0. The van der Waals surface area contributed by atoms with Crippen LogP contribution < -0.4 is 5.32 Å². The van der Waals surface area contributed by atoms with Gasteiger partial charge in [0.15, 0.2) is 9.84 Å². The highest BCUT2D eigenvalue weighted by Crippen LogP contribution is 2.12. The maximum atomic E-state index is 11.2.